The first kappa shape index (κ1) is 16.9. The van der Waals surface area contributed by atoms with Gasteiger partial charge in [0.2, 0.25) is 10.0 Å². The number of hydrogen-bond acceptors (Lipinski definition) is 5. The molecule has 0 amide bonds. The van der Waals surface area contributed by atoms with Crippen molar-refractivity contribution in [1.29, 1.82) is 0 Å². The van der Waals surface area contributed by atoms with E-state index in [9.17, 15) is 12.8 Å². The molecule has 1 heterocycles. The van der Waals surface area contributed by atoms with Gasteiger partial charge in [-0.2, -0.15) is 11.3 Å². The Balaban J connectivity index is 2.12. The zero-order valence-electron chi connectivity index (χ0n) is 12.1. The van der Waals surface area contributed by atoms with Crippen LogP contribution in [0.1, 0.15) is 11.7 Å². The van der Waals surface area contributed by atoms with Crippen LogP contribution in [0.5, 0.6) is 5.75 Å². The van der Waals surface area contributed by atoms with E-state index in [1.54, 1.807) is 0 Å². The van der Waals surface area contributed by atoms with Crippen molar-refractivity contribution in [3.63, 3.8) is 0 Å². The van der Waals surface area contributed by atoms with E-state index in [1.165, 1.54) is 37.7 Å². The van der Waals surface area contributed by atoms with Crippen molar-refractivity contribution >= 4 is 21.4 Å². The number of rotatable bonds is 7. The minimum Gasteiger partial charge on any atom is -0.494 e. The molecule has 0 bridgehead atoms. The predicted molar refractivity (Wildman–Crippen MR) is 82.2 cm³/mol. The van der Waals surface area contributed by atoms with Gasteiger partial charge in [-0.05, 0) is 40.6 Å². The van der Waals surface area contributed by atoms with E-state index >= 15 is 0 Å². The van der Waals surface area contributed by atoms with Crippen LogP contribution in [-0.4, -0.2) is 29.2 Å². The van der Waals surface area contributed by atoms with E-state index in [-0.39, 0.29) is 17.2 Å². The minimum absolute atomic E-state index is 0.00742. The van der Waals surface area contributed by atoms with Gasteiger partial charge in [0, 0.05) is 13.7 Å². The van der Waals surface area contributed by atoms with Crippen LogP contribution in [0.2, 0.25) is 0 Å². The van der Waals surface area contributed by atoms with Gasteiger partial charge in [-0.15, -0.1) is 0 Å². The molecule has 0 aliphatic heterocycles. The summed E-state index contributed by atoms with van der Waals surface area (Å²) in [5.74, 6) is -0.738. The van der Waals surface area contributed by atoms with Gasteiger partial charge in [-0.1, -0.05) is 0 Å². The number of hydrogen-bond donors (Lipinski definition) is 1. The molecule has 1 aromatic carbocycles. The summed E-state index contributed by atoms with van der Waals surface area (Å²) in [5, 5.41) is 3.77. The minimum atomic E-state index is -3.83. The Bertz CT molecular complexity index is 716. The summed E-state index contributed by atoms with van der Waals surface area (Å²) in [4.78, 5) is -0.161. The van der Waals surface area contributed by atoms with Crippen molar-refractivity contribution in [3.8, 4) is 5.75 Å². The topological polar surface area (TPSA) is 64.6 Å². The van der Waals surface area contributed by atoms with Crippen LogP contribution in [0.4, 0.5) is 4.39 Å². The van der Waals surface area contributed by atoms with Crippen LogP contribution in [0.3, 0.4) is 0 Å². The Labute approximate surface area is 132 Å². The lowest BCUT2D eigenvalue weighted by atomic mass is 10.2. The second kappa shape index (κ2) is 7.19. The predicted octanol–water partition coefficient (Wildman–Crippen LogP) is 2.56. The maximum atomic E-state index is 13.6. The molecule has 0 radical (unpaired) electrons. The maximum absolute atomic E-state index is 13.6. The molecule has 2 rings (SSSR count). The van der Waals surface area contributed by atoms with E-state index in [0.717, 1.165) is 11.6 Å². The summed E-state index contributed by atoms with van der Waals surface area (Å²) in [6.45, 7) is 0.0587. The van der Waals surface area contributed by atoms with E-state index in [1.807, 2.05) is 16.8 Å². The van der Waals surface area contributed by atoms with E-state index in [4.69, 9.17) is 9.47 Å². The van der Waals surface area contributed by atoms with Crippen LogP contribution < -0.4 is 9.46 Å². The normalized spacial score (nSPS) is 13.0. The van der Waals surface area contributed by atoms with Crippen LogP contribution in [0.15, 0.2) is 39.9 Å². The first-order chi connectivity index (χ1) is 10.5. The maximum Gasteiger partial charge on any atom is 0.240 e. The molecule has 5 nitrogen and oxygen atoms in total. The smallest absolute Gasteiger partial charge is 0.240 e. The molecule has 1 N–H and O–H groups in total. The second-order valence-electron chi connectivity index (χ2n) is 4.43. The molecule has 0 aliphatic rings. The van der Waals surface area contributed by atoms with Gasteiger partial charge in [0.15, 0.2) is 11.6 Å². The van der Waals surface area contributed by atoms with Gasteiger partial charge in [0.1, 0.15) is 0 Å². The molecule has 1 aromatic heterocycles. The Hall–Kier alpha value is -1.48. The lowest BCUT2D eigenvalue weighted by molar-refractivity contribution is 0.107. The Morgan fingerprint density at radius 3 is 2.64 bits per heavy atom. The SMILES string of the molecule is COc1ccc(S(=O)(=O)NCC(OC)c2ccsc2)cc1F. The monoisotopic (exact) mass is 345 g/mol. The quantitative estimate of drug-likeness (QED) is 0.838. The fourth-order valence-corrected chi connectivity index (χ4v) is 3.62. The van der Waals surface area contributed by atoms with E-state index < -0.39 is 21.9 Å². The van der Waals surface area contributed by atoms with Crippen LogP contribution >= 0.6 is 11.3 Å². The lowest BCUT2D eigenvalue weighted by Gasteiger charge is -2.15. The van der Waals surface area contributed by atoms with Crippen molar-refractivity contribution in [2.75, 3.05) is 20.8 Å². The standard InChI is InChI=1S/C14H16FNO4S2/c1-19-13-4-3-11(7-12(13)15)22(17,18)16-8-14(20-2)10-5-6-21-9-10/h3-7,9,14,16H,8H2,1-2H3. The number of thiophene rings is 1. The van der Waals surface area contributed by atoms with Gasteiger partial charge < -0.3 is 9.47 Å². The molecule has 8 heteroatoms. The fourth-order valence-electron chi connectivity index (χ4n) is 1.88. The van der Waals surface area contributed by atoms with Crippen molar-refractivity contribution in [2.24, 2.45) is 0 Å². The Kier molecular flexibility index (Phi) is 5.52. The molecule has 1 unspecified atom stereocenters. The summed E-state index contributed by atoms with van der Waals surface area (Å²) >= 11 is 1.50. The van der Waals surface area contributed by atoms with Crippen molar-refractivity contribution in [1.82, 2.24) is 4.72 Å². The van der Waals surface area contributed by atoms with Gasteiger partial charge in [0.05, 0.1) is 18.1 Å². The van der Waals surface area contributed by atoms with Crippen LogP contribution in [0.25, 0.3) is 0 Å². The third-order valence-corrected chi connectivity index (χ3v) is 5.21. The highest BCUT2D eigenvalue weighted by molar-refractivity contribution is 7.89. The molecule has 1 atom stereocenters. The summed E-state index contributed by atoms with van der Waals surface area (Å²) in [6, 6.07) is 5.35. The van der Waals surface area contributed by atoms with Crippen molar-refractivity contribution < 1.29 is 22.3 Å². The van der Waals surface area contributed by atoms with Crippen LogP contribution in [-0.2, 0) is 14.8 Å². The highest BCUT2D eigenvalue weighted by atomic mass is 32.2. The van der Waals surface area contributed by atoms with E-state index in [0.29, 0.717) is 0 Å². The van der Waals surface area contributed by atoms with Gasteiger partial charge in [-0.3, -0.25) is 0 Å². The molecule has 2 aromatic rings. The fraction of sp³-hybridized carbons (Fsp3) is 0.286. The molecular formula is C14H16FNO4S2. The molecule has 120 valence electrons. The summed E-state index contributed by atoms with van der Waals surface area (Å²) in [6.07, 6.45) is -0.399. The molecule has 0 spiro atoms. The average molecular weight is 345 g/mol. The van der Waals surface area contributed by atoms with Gasteiger partial charge >= 0.3 is 0 Å². The molecule has 0 aliphatic carbocycles. The number of sulfonamides is 1. The zero-order chi connectivity index (χ0) is 16.2. The highest BCUT2D eigenvalue weighted by Gasteiger charge is 2.19. The molecule has 0 fully saturated rings. The Morgan fingerprint density at radius 2 is 2.09 bits per heavy atom. The summed E-state index contributed by atoms with van der Waals surface area (Å²) in [7, 11) is -1.01. The zero-order valence-corrected chi connectivity index (χ0v) is 13.7. The number of benzene rings is 1. The molecule has 22 heavy (non-hydrogen) atoms. The molecule has 0 saturated heterocycles. The number of ether oxygens (including phenoxy) is 2. The number of methoxy groups -OCH3 is 2. The van der Waals surface area contributed by atoms with Gasteiger partial charge in [0.25, 0.3) is 0 Å². The number of halogens is 1. The van der Waals surface area contributed by atoms with Crippen molar-refractivity contribution in [3.05, 3.63) is 46.4 Å². The van der Waals surface area contributed by atoms with Crippen LogP contribution in [0, 0.1) is 5.82 Å². The molecular weight excluding hydrogens is 329 g/mol. The molecule has 0 saturated carbocycles. The summed E-state index contributed by atoms with van der Waals surface area (Å²) in [5.41, 5.74) is 0.885. The largest absolute Gasteiger partial charge is 0.494 e. The first-order valence-corrected chi connectivity index (χ1v) is 8.78. The first-order valence-electron chi connectivity index (χ1n) is 6.36. The van der Waals surface area contributed by atoms with Crippen molar-refractivity contribution in [2.45, 2.75) is 11.0 Å². The third kappa shape index (κ3) is 3.83. The van der Waals surface area contributed by atoms with Gasteiger partial charge in [-0.25, -0.2) is 17.5 Å². The lowest BCUT2D eigenvalue weighted by Crippen LogP contribution is -2.29. The summed E-state index contributed by atoms with van der Waals surface area (Å²) < 4.78 is 50.5. The van der Waals surface area contributed by atoms with E-state index in [2.05, 4.69) is 4.72 Å². The highest BCUT2D eigenvalue weighted by Crippen LogP contribution is 2.22. The number of nitrogens with one attached hydrogen (secondary N) is 1. The second-order valence-corrected chi connectivity index (χ2v) is 6.98. The third-order valence-electron chi connectivity index (χ3n) is 3.09. The Morgan fingerprint density at radius 1 is 1.32 bits per heavy atom. The average Bonchev–Trinajstić information content (AvgIpc) is 3.02.